The number of fused-ring (bicyclic) bond motifs is 1. The van der Waals surface area contributed by atoms with Gasteiger partial charge in [-0.2, -0.15) is 4.98 Å². The van der Waals surface area contributed by atoms with Crippen molar-refractivity contribution in [1.29, 1.82) is 0 Å². The van der Waals surface area contributed by atoms with Gasteiger partial charge in [-0.1, -0.05) is 37.9 Å². The van der Waals surface area contributed by atoms with Crippen molar-refractivity contribution in [3.63, 3.8) is 0 Å². The molecular weight excluding hydrogens is 484 g/mol. The van der Waals surface area contributed by atoms with E-state index >= 15 is 0 Å². The standard InChI is InChI=1S/C18H22Br2N2O5/c1-17(2,3)26-15(23)22(16(24)27-18(4,5)6)14-21-11-9-10(13(19)20)7-8-12(11)25-14/h7-9,13H,1-6H3. The SMILES string of the molecule is CC(C)(C)OC(=O)N(C(=O)OC(C)(C)C)c1nc2cc(C(Br)Br)ccc2o1. The average molecular weight is 506 g/mol. The summed E-state index contributed by atoms with van der Waals surface area (Å²) in [6, 6.07) is 5.10. The van der Waals surface area contributed by atoms with Gasteiger partial charge in [0.1, 0.15) is 16.7 Å². The maximum absolute atomic E-state index is 12.6. The Labute approximate surface area is 174 Å². The Balaban J connectivity index is 2.47. The molecular formula is C18H22Br2N2O5. The lowest BCUT2D eigenvalue weighted by Crippen LogP contribution is -2.44. The molecule has 1 aromatic carbocycles. The number of hydrogen-bond acceptors (Lipinski definition) is 6. The zero-order chi connectivity index (χ0) is 20.6. The molecule has 27 heavy (non-hydrogen) atoms. The van der Waals surface area contributed by atoms with Crippen LogP contribution in [0.5, 0.6) is 0 Å². The van der Waals surface area contributed by atoms with Crippen molar-refractivity contribution in [2.75, 3.05) is 4.90 Å². The Morgan fingerprint density at radius 1 is 1.04 bits per heavy atom. The van der Waals surface area contributed by atoms with E-state index in [0.717, 1.165) is 5.56 Å². The fourth-order valence-electron chi connectivity index (χ4n) is 2.01. The Hall–Kier alpha value is -1.61. The van der Waals surface area contributed by atoms with Crippen molar-refractivity contribution in [3.05, 3.63) is 23.8 Å². The number of imide groups is 1. The van der Waals surface area contributed by atoms with E-state index in [1.165, 1.54) is 0 Å². The molecule has 0 aliphatic heterocycles. The van der Waals surface area contributed by atoms with Gasteiger partial charge < -0.3 is 13.9 Å². The van der Waals surface area contributed by atoms with E-state index in [0.29, 0.717) is 16.0 Å². The first-order valence-electron chi connectivity index (χ1n) is 8.21. The first-order valence-corrected chi connectivity index (χ1v) is 10.0. The van der Waals surface area contributed by atoms with E-state index in [4.69, 9.17) is 13.9 Å². The second-order valence-electron chi connectivity index (χ2n) is 7.82. The molecule has 2 amide bonds. The van der Waals surface area contributed by atoms with Crippen molar-refractivity contribution in [3.8, 4) is 0 Å². The number of ether oxygens (including phenoxy) is 2. The molecule has 0 spiro atoms. The number of anilines is 1. The van der Waals surface area contributed by atoms with Crippen molar-refractivity contribution < 1.29 is 23.5 Å². The summed E-state index contributed by atoms with van der Waals surface area (Å²) in [5.74, 6) is 0. The number of benzene rings is 1. The van der Waals surface area contributed by atoms with Crippen LogP contribution < -0.4 is 4.90 Å². The Morgan fingerprint density at radius 2 is 1.56 bits per heavy atom. The van der Waals surface area contributed by atoms with Gasteiger partial charge in [-0.25, -0.2) is 9.59 Å². The molecule has 1 aromatic heterocycles. The lowest BCUT2D eigenvalue weighted by Gasteiger charge is -2.26. The van der Waals surface area contributed by atoms with Crippen molar-refractivity contribution in [2.45, 2.75) is 56.5 Å². The zero-order valence-corrected chi connectivity index (χ0v) is 19.2. The van der Waals surface area contributed by atoms with E-state index in [9.17, 15) is 9.59 Å². The smallest absolute Gasteiger partial charge is 0.428 e. The zero-order valence-electron chi connectivity index (χ0n) is 16.0. The van der Waals surface area contributed by atoms with E-state index < -0.39 is 23.4 Å². The molecule has 7 nitrogen and oxygen atoms in total. The Bertz CT molecular complexity index is 822. The highest BCUT2D eigenvalue weighted by molar-refractivity contribution is 9.24. The Morgan fingerprint density at radius 3 is 2.00 bits per heavy atom. The molecule has 9 heteroatoms. The maximum atomic E-state index is 12.6. The number of oxazole rings is 1. The summed E-state index contributed by atoms with van der Waals surface area (Å²) in [7, 11) is 0. The molecule has 1 heterocycles. The van der Waals surface area contributed by atoms with Crippen molar-refractivity contribution in [2.24, 2.45) is 0 Å². The molecule has 0 aliphatic carbocycles. The van der Waals surface area contributed by atoms with Crippen LogP contribution >= 0.6 is 31.9 Å². The number of rotatable bonds is 2. The first-order chi connectivity index (χ1) is 12.3. The summed E-state index contributed by atoms with van der Waals surface area (Å²) in [6.45, 7) is 10.2. The van der Waals surface area contributed by atoms with E-state index in [1.54, 1.807) is 53.7 Å². The van der Waals surface area contributed by atoms with Crippen molar-refractivity contribution in [1.82, 2.24) is 4.98 Å². The maximum Gasteiger partial charge on any atom is 0.428 e. The van der Waals surface area contributed by atoms with E-state index in [-0.39, 0.29) is 9.75 Å². The number of alkyl halides is 2. The molecule has 2 aromatic rings. The fourth-order valence-corrected chi connectivity index (χ4v) is 2.58. The van der Waals surface area contributed by atoms with Crippen LogP contribution in [0.1, 0.15) is 50.8 Å². The first kappa shape index (κ1) is 21.7. The highest BCUT2D eigenvalue weighted by Gasteiger charge is 2.36. The lowest BCUT2D eigenvalue weighted by molar-refractivity contribution is 0.0420. The van der Waals surface area contributed by atoms with Gasteiger partial charge in [0.05, 0.1) is 3.74 Å². The van der Waals surface area contributed by atoms with E-state index in [1.807, 2.05) is 6.07 Å². The van der Waals surface area contributed by atoms with Crippen LogP contribution in [-0.4, -0.2) is 28.4 Å². The van der Waals surface area contributed by atoms with Crippen LogP contribution in [0.25, 0.3) is 11.1 Å². The lowest BCUT2D eigenvalue weighted by atomic mass is 10.2. The number of hydrogen-bond donors (Lipinski definition) is 0. The summed E-state index contributed by atoms with van der Waals surface area (Å²) >= 11 is 6.83. The molecule has 0 N–H and O–H groups in total. The van der Waals surface area contributed by atoms with Crippen LogP contribution in [0.15, 0.2) is 22.6 Å². The quantitative estimate of drug-likeness (QED) is 0.446. The van der Waals surface area contributed by atoms with Crippen LogP contribution in [-0.2, 0) is 9.47 Å². The summed E-state index contributed by atoms with van der Waals surface area (Å²) < 4.78 is 16.2. The number of carbonyl (C=O) groups is 2. The van der Waals surface area contributed by atoms with Crippen molar-refractivity contribution >= 4 is 61.2 Å². The van der Waals surface area contributed by atoms with Gasteiger partial charge in [-0.05, 0) is 59.2 Å². The normalized spacial score (nSPS) is 12.3. The second-order valence-corrected chi connectivity index (χ2v) is 10.9. The van der Waals surface area contributed by atoms with E-state index in [2.05, 4.69) is 36.8 Å². The van der Waals surface area contributed by atoms with Crippen LogP contribution in [0.2, 0.25) is 0 Å². The highest BCUT2D eigenvalue weighted by Crippen LogP contribution is 2.33. The average Bonchev–Trinajstić information content (AvgIpc) is 2.85. The van der Waals surface area contributed by atoms with Gasteiger partial charge in [0.25, 0.3) is 0 Å². The summed E-state index contributed by atoms with van der Waals surface area (Å²) in [6.07, 6.45) is -1.86. The molecule has 0 saturated carbocycles. The number of halogens is 2. The van der Waals surface area contributed by atoms with Gasteiger partial charge >= 0.3 is 18.2 Å². The van der Waals surface area contributed by atoms with Gasteiger partial charge in [0, 0.05) is 0 Å². The van der Waals surface area contributed by atoms with Gasteiger partial charge in [-0.3, -0.25) is 0 Å². The molecule has 0 aliphatic rings. The molecule has 0 fully saturated rings. The fraction of sp³-hybridized carbons (Fsp3) is 0.500. The number of carbonyl (C=O) groups excluding carboxylic acids is 2. The van der Waals surface area contributed by atoms with Gasteiger partial charge in [0.2, 0.25) is 0 Å². The number of amides is 2. The topological polar surface area (TPSA) is 81.9 Å². The number of aromatic nitrogens is 1. The molecule has 0 unspecified atom stereocenters. The third-order valence-electron chi connectivity index (χ3n) is 3.00. The van der Waals surface area contributed by atoms with Crippen LogP contribution in [0.3, 0.4) is 0 Å². The van der Waals surface area contributed by atoms with Crippen LogP contribution in [0.4, 0.5) is 15.6 Å². The predicted octanol–water partition coefficient (Wildman–Crippen LogP) is 6.29. The van der Waals surface area contributed by atoms with Crippen LogP contribution in [0, 0.1) is 0 Å². The minimum atomic E-state index is -0.928. The molecule has 0 saturated heterocycles. The monoisotopic (exact) mass is 504 g/mol. The predicted molar refractivity (Wildman–Crippen MR) is 110 cm³/mol. The summed E-state index contributed by atoms with van der Waals surface area (Å²) in [4.78, 5) is 30.2. The summed E-state index contributed by atoms with van der Waals surface area (Å²) in [5, 5.41) is 0. The molecule has 0 bridgehead atoms. The minimum Gasteiger partial charge on any atom is -0.443 e. The largest absolute Gasteiger partial charge is 0.443 e. The minimum absolute atomic E-state index is 0.0673. The molecule has 148 valence electrons. The molecule has 2 rings (SSSR count). The second kappa shape index (κ2) is 7.79. The molecule has 0 radical (unpaired) electrons. The number of nitrogens with zero attached hydrogens (tertiary/aromatic N) is 2. The molecule has 0 atom stereocenters. The highest BCUT2D eigenvalue weighted by atomic mass is 79.9. The Kier molecular flexibility index (Phi) is 6.26. The van der Waals surface area contributed by atoms with Gasteiger partial charge in [0.15, 0.2) is 5.58 Å². The third-order valence-corrected chi connectivity index (χ3v) is 4.05. The summed E-state index contributed by atoms with van der Waals surface area (Å²) in [5.41, 5.74) is 0.198. The van der Waals surface area contributed by atoms with Gasteiger partial charge in [-0.15, -0.1) is 4.90 Å². The third kappa shape index (κ3) is 5.93.